The Hall–Kier alpha value is -2.97. The largest absolute Gasteiger partial charge is 0.497 e. The predicted octanol–water partition coefficient (Wildman–Crippen LogP) is 3.15. The topological polar surface area (TPSA) is 69.7 Å². The summed E-state index contributed by atoms with van der Waals surface area (Å²) in [6.45, 7) is 8.00. The molecule has 2 aromatic carbocycles. The minimum Gasteiger partial charge on any atom is -0.497 e. The van der Waals surface area contributed by atoms with Gasteiger partial charge in [-0.05, 0) is 43.7 Å². The monoisotopic (exact) mass is 470 g/mol. The molecule has 2 saturated heterocycles. The van der Waals surface area contributed by atoms with Crippen LogP contribution in [-0.2, 0) is 9.53 Å². The van der Waals surface area contributed by atoms with Gasteiger partial charge in [-0.25, -0.2) is 0 Å². The molecule has 34 heavy (non-hydrogen) atoms. The summed E-state index contributed by atoms with van der Waals surface area (Å²) in [6.07, 6.45) is -0.663. The number of likely N-dealkylation sites (tertiary alicyclic amines) is 1. The Kier molecular flexibility index (Phi) is 7.19. The molecule has 0 bridgehead atoms. The Labute approximate surface area is 201 Å². The smallest absolute Gasteiger partial charge is 0.266 e. The number of β-lactam (4-membered cyclic amide) rings is 1. The molecule has 0 radical (unpaired) electrons. The molecule has 2 aliphatic heterocycles. The average molecular weight is 471 g/mol. The molecule has 2 fully saturated rings. The van der Waals surface area contributed by atoms with Crippen LogP contribution in [0, 0.1) is 0 Å². The maximum Gasteiger partial charge on any atom is 0.266 e. The van der Waals surface area contributed by atoms with E-state index in [-0.39, 0.29) is 17.5 Å². The Morgan fingerprint density at radius 2 is 1.50 bits per heavy atom. The number of carbonyl (C=O) groups is 1. The molecule has 8 heteroatoms. The van der Waals surface area contributed by atoms with E-state index in [1.807, 2.05) is 41.3 Å². The first-order chi connectivity index (χ1) is 16.4. The summed E-state index contributed by atoms with van der Waals surface area (Å²) < 4.78 is 28.1. The molecule has 2 aromatic rings. The second-order valence-electron chi connectivity index (χ2n) is 9.19. The highest BCUT2D eigenvalue weighted by molar-refractivity contribution is 5.89. The lowest BCUT2D eigenvalue weighted by molar-refractivity contribution is -0.168. The van der Waals surface area contributed by atoms with Crippen molar-refractivity contribution in [1.29, 1.82) is 0 Å². The van der Waals surface area contributed by atoms with Crippen molar-refractivity contribution >= 4 is 5.91 Å². The lowest BCUT2D eigenvalue weighted by Gasteiger charge is -2.52. The molecule has 0 unspecified atom stereocenters. The van der Waals surface area contributed by atoms with Crippen LogP contribution in [0.15, 0.2) is 42.5 Å². The summed E-state index contributed by atoms with van der Waals surface area (Å²) in [7, 11) is 4.84. The molecule has 4 rings (SSSR count). The van der Waals surface area contributed by atoms with Gasteiger partial charge in [0.05, 0.1) is 34.5 Å². The number of hydrogen-bond donors (Lipinski definition) is 0. The number of ether oxygens (including phenoxy) is 5. The fraction of sp³-hybridized carbons (Fsp3) is 0.500. The van der Waals surface area contributed by atoms with E-state index in [9.17, 15) is 4.79 Å². The quantitative estimate of drug-likeness (QED) is 0.522. The van der Waals surface area contributed by atoms with Crippen molar-refractivity contribution in [3.8, 4) is 23.0 Å². The van der Waals surface area contributed by atoms with Gasteiger partial charge in [0, 0.05) is 37.3 Å². The number of hydrogen-bond acceptors (Lipinski definition) is 7. The van der Waals surface area contributed by atoms with Crippen molar-refractivity contribution < 1.29 is 28.5 Å². The van der Waals surface area contributed by atoms with Crippen LogP contribution in [0.4, 0.5) is 0 Å². The van der Waals surface area contributed by atoms with Crippen molar-refractivity contribution in [2.75, 3.05) is 54.2 Å². The third-order valence-electron chi connectivity index (χ3n) is 6.59. The van der Waals surface area contributed by atoms with Crippen LogP contribution in [0.2, 0.25) is 0 Å². The van der Waals surface area contributed by atoms with Crippen LogP contribution in [0.1, 0.15) is 25.5 Å². The maximum absolute atomic E-state index is 13.4. The zero-order valence-corrected chi connectivity index (χ0v) is 20.6. The molecule has 2 atom stereocenters. The fourth-order valence-corrected chi connectivity index (χ4v) is 4.67. The molecule has 0 N–H and O–H groups in total. The highest BCUT2D eigenvalue weighted by atomic mass is 16.5. The third kappa shape index (κ3) is 4.93. The summed E-state index contributed by atoms with van der Waals surface area (Å²) in [4.78, 5) is 17.7. The van der Waals surface area contributed by atoms with Gasteiger partial charge in [-0.15, -0.1) is 0 Å². The van der Waals surface area contributed by atoms with Gasteiger partial charge < -0.3 is 28.6 Å². The number of nitrogens with zero attached hydrogens (tertiary/aromatic N) is 2. The van der Waals surface area contributed by atoms with Gasteiger partial charge in [0.15, 0.2) is 0 Å². The lowest BCUT2D eigenvalue weighted by atomic mass is 9.87. The first-order valence-corrected chi connectivity index (χ1v) is 11.5. The predicted molar refractivity (Wildman–Crippen MR) is 128 cm³/mol. The van der Waals surface area contributed by atoms with Crippen LogP contribution >= 0.6 is 0 Å². The molecule has 184 valence electrons. The number of methoxy groups -OCH3 is 3. The standard InChI is InChI=1S/C26H34N2O6/c1-26(2,27-9-11-33-12-10-27)17-28-23(18-13-21(31-4)16-22(14-18)32-5)24(25(28)29)34-20-8-6-7-19(15-20)30-3/h6-8,13-16,23-24H,9-12,17H2,1-5H3/t23-,24+/m1/s1. The molecule has 0 saturated carbocycles. The Morgan fingerprint density at radius 1 is 0.912 bits per heavy atom. The molecule has 2 aliphatic rings. The van der Waals surface area contributed by atoms with Crippen molar-refractivity contribution in [2.24, 2.45) is 0 Å². The summed E-state index contributed by atoms with van der Waals surface area (Å²) in [6, 6.07) is 12.7. The van der Waals surface area contributed by atoms with Crippen molar-refractivity contribution in [3.05, 3.63) is 48.0 Å². The third-order valence-corrected chi connectivity index (χ3v) is 6.59. The Bertz CT molecular complexity index is 982. The molecule has 0 spiro atoms. The highest BCUT2D eigenvalue weighted by Crippen LogP contribution is 2.42. The van der Waals surface area contributed by atoms with E-state index >= 15 is 0 Å². The van der Waals surface area contributed by atoms with E-state index in [1.165, 1.54) is 0 Å². The van der Waals surface area contributed by atoms with Gasteiger partial charge in [0.2, 0.25) is 6.10 Å². The molecule has 2 heterocycles. The number of morpholine rings is 1. The molecule has 0 aliphatic carbocycles. The molecule has 8 nitrogen and oxygen atoms in total. The average Bonchev–Trinajstić information content (AvgIpc) is 2.87. The lowest BCUT2D eigenvalue weighted by Crippen LogP contribution is -2.66. The SMILES string of the molecule is COc1cccc(O[C@@H]2C(=O)N(CC(C)(C)N3CCOCC3)[C@@H]2c2cc(OC)cc(OC)c2)c1. The second kappa shape index (κ2) is 10.1. The number of carbonyl (C=O) groups excluding carboxylic acids is 1. The second-order valence-corrected chi connectivity index (χ2v) is 9.19. The summed E-state index contributed by atoms with van der Waals surface area (Å²) in [5.74, 6) is 2.55. The van der Waals surface area contributed by atoms with E-state index < -0.39 is 6.10 Å². The fourth-order valence-electron chi connectivity index (χ4n) is 4.67. The van der Waals surface area contributed by atoms with E-state index in [0.29, 0.717) is 42.8 Å². The Balaban J connectivity index is 1.64. The first-order valence-electron chi connectivity index (χ1n) is 11.5. The van der Waals surface area contributed by atoms with Crippen molar-refractivity contribution in [3.63, 3.8) is 0 Å². The van der Waals surface area contributed by atoms with Crippen molar-refractivity contribution in [1.82, 2.24) is 9.80 Å². The van der Waals surface area contributed by atoms with Gasteiger partial charge in [0.25, 0.3) is 5.91 Å². The zero-order chi connectivity index (χ0) is 24.3. The van der Waals surface area contributed by atoms with Crippen LogP contribution in [0.3, 0.4) is 0 Å². The van der Waals surface area contributed by atoms with Crippen molar-refractivity contribution in [2.45, 2.75) is 31.5 Å². The van der Waals surface area contributed by atoms with E-state index in [4.69, 9.17) is 23.7 Å². The van der Waals surface area contributed by atoms with Crippen LogP contribution in [-0.4, -0.2) is 81.5 Å². The molecular formula is C26H34N2O6. The molecular weight excluding hydrogens is 436 g/mol. The highest BCUT2D eigenvalue weighted by Gasteiger charge is 2.52. The zero-order valence-electron chi connectivity index (χ0n) is 20.6. The van der Waals surface area contributed by atoms with E-state index in [2.05, 4.69) is 18.7 Å². The van der Waals surface area contributed by atoms with Crippen LogP contribution in [0.25, 0.3) is 0 Å². The molecule has 0 aromatic heterocycles. The number of rotatable bonds is 9. The summed E-state index contributed by atoms with van der Waals surface area (Å²) >= 11 is 0. The van der Waals surface area contributed by atoms with Gasteiger partial charge >= 0.3 is 0 Å². The van der Waals surface area contributed by atoms with E-state index in [0.717, 1.165) is 18.7 Å². The first kappa shape index (κ1) is 24.2. The van der Waals surface area contributed by atoms with Gasteiger partial charge in [-0.3, -0.25) is 9.69 Å². The van der Waals surface area contributed by atoms with Crippen LogP contribution in [0.5, 0.6) is 23.0 Å². The Morgan fingerprint density at radius 3 is 2.12 bits per heavy atom. The minimum absolute atomic E-state index is 0.0454. The van der Waals surface area contributed by atoms with Gasteiger partial charge in [0.1, 0.15) is 29.0 Å². The normalized spacial score (nSPS) is 21.1. The number of benzene rings is 2. The van der Waals surface area contributed by atoms with E-state index in [1.54, 1.807) is 27.4 Å². The van der Waals surface area contributed by atoms with Crippen LogP contribution < -0.4 is 18.9 Å². The maximum atomic E-state index is 13.4. The minimum atomic E-state index is -0.663. The summed E-state index contributed by atoms with van der Waals surface area (Å²) in [5, 5.41) is 0. The van der Waals surface area contributed by atoms with Gasteiger partial charge in [-0.1, -0.05) is 6.07 Å². The van der Waals surface area contributed by atoms with Gasteiger partial charge in [-0.2, -0.15) is 0 Å². The number of amides is 1. The molecule has 1 amide bonds. The summed E-state index contributed by atoms with van der Waals surface area (Å²) in [5.41, 5.74) is 0.683.